The second-order valence-electron chi connectivity index (χ2n) is 2.59. The number of rotatable bonds is 5. The van der Waals surface area contributed by atoms with Crippen LogP contribution in [0.1, 0.15) is 26.2 Å². The fraction of sp³-hybridized carbons (Fsp3) is 0.875. The highest BCUT2D eigenvalue weighted by atomic mass is 79.9. The van der Waals surface area contributed by atoms with E-state index < -0.39 is 0 Å². The van der Waals surface area contributed by atoms with Gasteiger partial charge in [0.25, 0.3) is 0 Å². The van der Waals surface area contributed by atoms with Gasteiger partial charge in [0.2, 0.25) is 0 Å². The van der Waals surface area contributed by atoms with E-state index in [0.717, 1.165) is 18.2 Å². The Morgan fingerprint density at radius 3 is 2.64 bits per heavy atom. The SMILES string of the molecule is CCC[C@@H](CBr)CC(=O)OC. The Bertz CT molecular complexity index is 115. The van der Waals surface area contributed by atoms with Crippen LogP contribution in [0, 0.1) is 5.92 Å². The molecule has 0 fully saturated rings. The Morgan fingerprint density at radius 2 is 2.27 bits per heavy atom. The Morgan fingerprint density at radius 1 is 1.64 bits per heavy atom. The van der Waals surface area contributed by atoms with Crippen molar-refractivity contribution in [3.05, 3.63) is 0 Å². The van der Waals surface area contributed by atoms with E-state index >= 15 is 0 Å². The molecule has 0 unspecified atom stereocenters. The summed E-state index contributed by atoms with van der Waals surface area (Å²) in [5.74, 6) is 0.329. The highest BCUT2D eigenvalue weighted by molar-refractivity contribution is 9.09. The summed E-state index contributed by atoms with van der Waals surface area (Å²) in [7, 11) is 1.43. The lowest BCUT2D eigenvalue weighted by Crippen LogP contribution is -2.10. The molecule has 3 heteroatoms. The molecule has 0 aromatic heterocycles. The van der Waals surface area contributed by atoms with Crippen LogP contribution in [0.15, 0.2) is 0 Å². The minimum absolute atomic E-state index is 0.108. The van der Waals surface area contributed by atoms with Gasteiger partial charge in [-0.05, 0) is 12.3 Å². The van der Waals surface area contributed by atoms with Crippen LogP contribution in [0.4, 0.5) is 0 Å². The first-order valence-corrected chi connectivity index (χ1v) is 4.99. The largest absolute Gasteiger partial charge is 0.469 e. The summed E-state index contributed by atoms with van der Waals surface area (Å²) in [5.41, 5.74) is 0. The lowest BCUT2D eigenvalue weighted by molar-refractivity contribution is -0.141. The first-order chi connectivity index (χ1) is 5.24. The quantitative estimate of drug-likeness (QED) is 0.528. The molecule has 66 valence electrons. The van der Waals surface area contributed by atoms with Crippen LogP contribution in [0.3, 0.4) is 0 Å². The summed E-state index contributed by atoms with van der Waals surface area (Å²) in [6.45, 7) is 2.12. The smallest absolute Gasteiger partial charge is 0.305 e. The highest BCUT2D eigenvalue weighted by Gasteiger charge is 2.11. The van der Waals surface area contributed by atoms with Crippen LogP contribution in [0.25, 0.3) is 0 Å². The predicted molar refractivity (Wildman–Crippen MR) is 48.8 cm³/mol. The van der Waals surface area contributed by atoms with Gasteiger partial charge in [0, 0.05) is 11.8 Å². The summed E-state index contributed by atoms with van der Waals surface area (Å²) < 4.78 is 4.57. The molecule has 0 heterocycles. The van der Waals surface area contributed by atoms with Crippen molar-refractivity contribution in [2.75, 3.05) is 12.4 Å². The predicted octanol–water partition coefficient (Wildman–Crippen LogP) is 2.36. The average Bonchev–Trinajstić information content (AvgIpc) is 2.03. The molecule has 11 heavy (non-hydrogen) atoms. The number of halogens is 1. The molecule has 0 amide bonds. The molecule has 0 N–H and O–H groups in total. The Labute approximate surface area is 76.4 Å². The number of esters is 1. The van der Waals surface area contributed by atoms with Gasteiger partial charge >= 0.3 is 5.97 Å². The topological polar surface area (TPSA) is 26.3 Å². The molecular formula is C8H15BrO2. The van der Waals surface area contributed by atoms with Crippen molar-refractivity contribution in [2.24, 2.45) is 5.92 Å². The molecule has 0 rings (SSSR count). The molecule has 0 radical (unpaired) electrons. The lowest BCUT2D eigenvalue weighted by Gasteiger charge is -2.09. The minimum atomic E-state index is -0.108. The number of methoxy groups -OCH3 is 1. The van der Waals surface area contributed by atoms with Gasteiger partial charge < -0.3 is 4.74 Å². The summed E-state index contributed by atoms with van der Waals surface area (Å²) in [6.07, 6.45) is 2.74. The third-order valence-electron chi connectivity index (χ3n) is 1.60. The van der Waals surface area contributed by atoms with Gasteiger partial charge in [-0.2, -0.15) is 0 Å². The molecule has 0 bridgehead atoms. The first kappa shape index (κ1) is 11.0. The molecule has 0 aromatic rings. The van der Waals surface area contributed by atoms with E-state index in [9.17, 15) is 4.79 Å². The van der Waals surface area contributed by atoms with Gasteiger partial charge in [-0.15, -0.1) is 0 Å². The third-order valence-corrected chi connectivity index (χ3v) is 2.51. The maximum atomic E-state index is 10.8. The standard InChI is InChI=1S/C8H15BrO2/c1-3-4-7(6-9)5-8(10)11-2/h7H,3-6H2,1-2H3/t7-/m1/s1. The van der Waals surface area contributed by atoms with Crippen molar-refractivity contribution in [3.8, 4) is 0 Å². The molecule has 2 nitrogen and oxygen atoms in total. The summed E-state index contributed by atoms with van der Waals surface area (Å²) >= 11 is 3.37. The molecule has 0 aliphatic carbocycles. The summed E-state index contributed by atoms with van der Waals surface area (Å²) in [5, 5.41) is 0.885. The molecule has 1 atom stereocenters. The van der Waals surface area contributed by atoms with Gasteiger partial charge in [-0.3, -0.25) is 4.79 Å². The first-order valence-electron chi connectivity index (χ1n) is 3.87. The Balaban J connectivity index is 3.58. The Hall–Kier alpha value is -0.0500. The summed E-state index contributed by atoms with van der Waals surface area (Å²) in [4.78, 5) is 10.8. The van der Waals surface area contributed by atoms with Crippen molar-refractivity contribution in [2.45, 2.75) is 26.2 Å². The van der Waals surface area contributed by atoms with E-state index in [1.54, 1.807) is 0 Å². The molecule has 0 spiro atoms. The van der Waals surface area contributed by atoms with Gasteiger partial charge in [0.15, 0.2) is 0 Å². The number of carbonyl (C=O) groups excluding carboxylic acids is 1. The number of hydrogen-bond acceptors (Lipinski definition) is 2. The lowest BCUT2D eigenvalue weighted by atomic mass is 10.0. The van der Waals surface area contributed by atoms with E-state index in [0.29, 0.717) is 12.3 Å². The van der Waals surface area contributed by atoms with E-state index in [4.69, 9.17) is 0 Å². The van der Waals surface area contributed by atoms with Crippen molar-refractivity contribution < 1.29 is 9.53 Å². The number of alkyl halides is 1. The molecule has 0 aromatic carbocycles. The second-order valence-corrected chi connectivity index (χ2v) is 3.24. The number of ether oxygens (including phenoxy) is 1. The molecule has 0 saturated carbocycles. The van der Waals surface area contributed by atoms with Gasteiger partial charge in [-0.1, -0.05) is 29.3 Å². The zero-order chi connectivity index (χ0) is 8.69. The van der Waals surface area contributed by atoms with Gasteiger partial charge in [-0.25, -0.2) is 0 Å². The highest BCUT2D eigenvalue weighted by Crippen LogP contribution is 2.14. The average molecular weight is 223 g/mol. The zero-order valence-corrected chi connectivity index (χ0v) is 8.69. The number of carbonyl (C=O) groups is 1. The Kier molecular flexibility index (Phi) is 6.62. The van der Waals surface area contributed by atoms with Crippen molar-refractivity contribution in [3.63, 3.8) is 0 Å². The van der Waals surface area contributed by atoms with Crippen molar-refractivity contribution >= 4 is 21.9 Å². The van der Waals surface area contributed by atoms with Gasteiger partial charge in [0.1, 0.15) is 0 Å². The van der Waals surface area contributed by atoms with Crippen molar-refractivity contribution in [1.29, 1.82) is 0 Å². The van der Waals surface area contributed by atoms with Crippen LogP contribution >= 0.6 is 15.9 Å². The molecule has 0 aliphatic rings. The number of hydrogen-bond donors (Lipinski definition) is 0. The molecule has 0 aliphatic heterocycles. The van der Waals surface area contributed by atoms with E-state index in [-0.39, 0.29) is 5.97 Å². The van der Waals surface area contributed by atoms with E-state index in [1.165, 1.54) is 7.11 Å². The monoisotopic (exact) mass is 222 g/mol. The van der Waals surface area contributed by atoms with Crippen LogP contribution in [-0.4, -0.2) is 18.4 Å². The van der Waals surface area contributed by atoms with Crippen LogP contribution in [0.2, 0.25) is 0 Å². The molecule has 0 saturated heterocycles. The van der Waals surface area contributed by atoms with Crippen molar-refractivity contribution in [1.82, 2.24) is 0 Å². The fourth-order valence-electron chi connectivity index (χ4n) is 0.961. The van der Waals surface area contributed by atoms with E-state index in [2.05, 4.69) is 27.6 Å². The zero-order valence-electron chi connectivity index (χ0n) is 7.10. The fourth-order valence-corrected chi connectivity index (χ4v) is 1.51. The maximum Gasteiger partial charge on any atom is 0.305 e. The minimum Gasteiger partial charge on any atom is -0.469 e. The summed E-state index contributed by atoms with van der Waals surface area (Å²) in [6, 6.07) is 0. The normalized spacial score (nSPS) is 12.6. The third kappa shape index (κ3) is 5.24. The maximum absolute atomic E-state index is 10.8. The molecular weight excluding hydrogens is 208 g/mol. The van der Waals surface area contributed by atoms with Crippen LogP contribution in [-0.2, 0) is 9.53 Å². The van der Waals surface area contributed by atoms with E-state index in [1.807, 2.05) is 0 Å². The van der Waals surface area contributed by atoms with Crippen LogP contribution in [0.5, 0.6) is 0 Å². The van der Waals surface area contributed by atoms with Crippen LogP contribution < -0.4 is 0 Å². The van der Waals surface area contributed by atoms with Gasteiger partial charge in [0.05, 0.1) is 7.11 Å². The second kappa shape index (κ2) is 6.65.